The number of carbonyl (C=O) groups is 3. The molecule has 0 unspecified atom stereocenters. The molecule has 1 N–H and O–H groups in total. The first-order valence-electron chi connectivity index (χ1n) is 10.2. The SMILES string of the molecule is CCc1ccc(-n2c(C)cc(/C=C3\C(=O)NC(=O)N(c4ccccc4)C3=O)c2C)cc1. The van der Waals surface area contributed by atoms with Gasteiger partial charge in [-0.1, -0.05) is 37.3 Å². The van der Waals surface area contributed by atoms with E-state index in [9.17, 15) is 14.4 Å². The van der Waals surface area contributed by atoms with Gasteiger partial charge >= 0.3 is 6.03 Å². The quantitative estimate of drug-likeness (QED) is 0.511. The topological polar surface area (TPSA) is 71.4 Å². The van der Waals surface area contributed by atoms with E-state index in [1.807, 2.05) is 19.9 Å². The van der Waals surface area contributed by atoms with Crippen molar-refractivity contribution in [3.8, 4) is 5.69 Å². The fraction of sp³-hybridized carbons (Fsp3) is 0.160. The zero-order chi connectivity index (χ0) is 22.1. The van der Waals surface area contributed by atoms with Crippen LogP contribution in [-0.4, -0.2) is 22.4 Å². The summed E-state index contributed by atoms with van der Waals surface area (Å²) in [7, 11) is 0. The van der Waals surface area contributed by atoms with E-state index in [1.54, 1.807) is 36.4 Å². The molecule has 0 bridgehead atoms. The summed E-state index contributed by atoms with van der Waals surface area (Å²) in [4.78, 5) is 38.8. The second-order valence-electron chi connectivity index (χ2n) is 7.48. The number of aromatic nitrogens is 1. The minimum Gasteiger partial charge on any atom is -0.318 e. The van der Waals surface area contributed by atoms with Gasteiger partial charge in [0.15, 0.2) is 0 Å². The Bertz CT molecular complexity index is 1200. The summed E-state index contributed by atoms with van der Waals surface area (Å²) < 4.78 is 2.08. The Morgan fingerprint density at radius 2 is 1.58 bits per heavy atom. The highest BCUT2D eigenvalue weighted by Gasteiger charge is 2.36. The number of para-hydroxylation sites is 1. The molecule has 0 spiro atoms. The van der Waals surface area contributed by atoms with E-state index in [4.69, 9.17) is 0 Å². The zero-order valence-electron chi connectivity index (χ0n) is 17.7. The Kier molecular flexibility index (Phi) is 5.29. The standard InChI is InChI=1S/C25H23N3O3/c1-4-18-10-12-21(13-11-18)27-16(2)14-19(17(27)3)15-22-23(29)26-25(31)28(24(22)30)20-8-6-5-7-9-20/h5-15H,4H2,1-3H3,(H,26,29,31)/b22-15+. The first-order chi connectivity index (χ1) is 14.9. The second kappa shape index (κ2) is 8.07. The molecule has 31 heavy (non-hydrogen) atoms. The van der Waals surface area contributed by atoms with E-state index >= 15 is 0 Å². The van der Waals surface area contributed by atoms with Gasteiger partial charge in [-0.25, -0.2) is 9.69 Å². The van der Waals surface area contributed by atoms with Gasteiger partial charge in [-0.3, -0.25) is 14.9 Å². The minimum absolute atomic E-state index is 0.0787. The van der Waals surface area contributed by atoms with Crippen LogP contribution in [0.5, 0.6) is 0 Å². The van der Waals surface area contributed by atoms with Gasteiger partial charge in [0.2, 0.25) is 0 Å². The molecule has 4 amide bonds. The fourth-order valence-electron chi connectivity index (χ4n) is 3.84. The number of hydrogen-bond acceptors (Lipinski definition) is 3. The highest BCUT2D eigenvalue weighted by atomic mass is 16.2. The molecule has 0 atom stereocenters. The number of barbiturate groups is 1. The number of imide groups is 2. The van der Waals surface area contributed by atoms with Crippen molar-refractivity contribution >= 4 is 29.6 Å². The van der Waals surface area contributed by atoms with Gasteiger partial charge in [-0.15, -0.1) is 0 Å². The summed E-state index contributed by atoms with van der Waals surface area (Å²) in [6, 6.07) is 18.0. The summed E-state index contributed by atoms with van der Waals surface area (Å²) in [5.74, 6) is -1.34. The van der Waals surface area contributed by atoms with Crippen molar-refractivity contribution in [3.05, 3.63) is 88.8 Å². The van der Waals surface area contributed by atoms with E-state index in [1.165, 1.54) is 5.56 Å². The molecule has 1 saturated heterocycles. The van der Waals surface area contributed by atoms with E-state index in [-0.39, 0.29) is 5.57 Å². The van der Waals surface area contributed by atoms with Crippen LogP contribution < -0.4 is 10.2 Å². The lowest BCUT2D eigenvalue weighted by Gasteiger charge is -2.26. The number of carbonyl (C=O) groups excluding carboxylic acids is 3. The van der Waals surface area contributed by atoms with Crippen molar-refractivity contribution in [2.75, 3.05) is 4.90 Å². The molecule has 4 rings (SSSR count). The first kappa shape index (κ1) is 20.3. The molecule has 2 heterocycles. The summed E-state index contributed by atoms with van der Waals surface area (Å²) in [6.45, 7) is 6.03. The van der Waals surface area contributed by atoms with E-state index in [0.29, 0.717) is 5.69 Å². The highest BCUT2D eigenvalue weighted by Crippen LogP contribution is 2.26. The maximum Gasteiger partial charge on any atom is 0.335 e. The number of urea groups is 1. The molecule has 0 aliphatic carbocycles. The van der Waals surface area contributed by atoms with Crippen LogP contribution in [-0.2, 0) is 16.0 Å². The summed E-state index contributed by atoms with van der Waals surface area (Å²) in [6.07, 6.45) is 2.52. The van der Waals surface area contributed by atoms with Crippen LogP contribution in [0.4, 0.5) is 10.5 Å². The Morgan fingerprint density at radius 3 is 2.23 bits per heavy atom. The van der Waals surface area contributed by atoms with Gasteiger partial charge in [0.25, 0.3) is 11.8 Å². The van der Waals surface area contributed by atoms with Crippen LogP contribution in [0, 0.1) is 13.8 Å². The van der Waals surface area contributed by atoms with Crippen LogP contribution in [0.15, 0.2) is 66.2 Å². The fourth-order valence-corrected chi connectivity index (χ4v) is 3.84. The average Bonchev–Trinajstić information content (AvgIpc) is 3.04. The third-order valence-corrected chi connectivity index (χ3v) is 5.49. The average molecular weight is 413 g/mol. The number of anilines is 1. The highest BCUT2D eigenvalue weighted by molar-refractivity contribution is 6.39. The van der Waals surface area contributed by atoms with E-state index in [0.717, 1.165) is 34.0 Å². The molecule has 0 saturated carbocycles. The first-order valence-corrected chi connectivity index (χ1v) is 10.2. The zero-order valence-corrected chi connectivity index (χ0v) is 17.7. The maximum atomic E-state index is 13.1. The molecular formula is C25H23N3O3. The van der Waals surface area contributed by atoms with Crippen molar-refractivity contribution in [1.29, 1.82) is 0 Å². The molecule has 156 valence electrons. The van der Waals surface area contributed by atoms with Crippen LogP contribution >= 0.6 is 0 Å². The largest absolute Gasteiger partial charge is 0.335 e. The molecule has 1 aromatic heterocycles. The van der Waals surface area contributed by atoms with Crippen molar-refractivity contribution in [1.82, 2.24) is 9.88 Å². The molecule has 6 heteroatoms. The third kappa shape index (κ3) is 3.68. The lowest BCUT2D eigenvalue weighted by molar-refractivity contribution is -0.122. The molecule has 1 aliphatic heterocycles. The number of rotatable bonds is 4. The van der Waals surface area contributed by atoms with Crippen LogP contribution in [0.2, 0.25) is 0 Å². The van der Waals surface area contributed by atoms with Gasteiger partial charge in [-0.2, -0.15) is 0 Å². The number of amides is 4. The molecule has 3 aromatic rings. The minimum atomic E-state index is -0.750. The number of benzene rings is 2. The second-order valence-corrected chi connectivity index (χ2v) is 7.48. The van der Waals surface area contributed by atoms with Gasteiger partial charge in [0, 0.05) is 17.1 Å². The Morgan fingerprint density at radius 1 is 0.903 bits per heavy atom. The van der Waals surface area contributed by atoms with Gasteiger partial charge < -0.3 is 4.57 Å². The van der Waals surface area contributed by atoms with Crippen molar-refractivity contribution in [3.63, 3.8) is 0 Å². The number of aryl methyl sites for hydroxylation is 2. The maximum absolute atomic E-state index is 13.1. The third-order valence-electron chi connectivity index (χ3n) is 5.49. The predicted octanol–water partition coefficient (Wildman–Crippen LogP) is 4.32. The summed E-state index contributed by atoms with van der Waals surface area (Å²) in [5, 5.41) is 2.27. The van der Waals surface area contributed by atoms with Crippen molar-refractivity contribution in [2.45, 2.75) is 27.2 Å². The normalized spacial score (nSPS) is 15.5. The van der Waals surface area contributed by atoms with E-state index < -0.39 is 17.8 Å². The van der Waals surface area contributed by atoms with Crippen molar-refractivity contribution < 1.29 is 14.4 Å². The monoisotopic (exact) mass is 413 g/mol. The Hall–Kier alpha value is -3.93. The Labute approximate surface area is 180 Å². The molecule has 0 radical (unpaired) electrons. The molecule has 1 aliphatic rings. The lowest BCUT2D eigenvalue weighted by atomic mass is 10.1. The smallest absolute Gasteiger partial charge is 0.318 e. The van der Waals surface area contributed by atoms with Crippen molar-refractivity contribution in [2.24, 2.45) is 0 Å². The summed E-state index contributed by atoms with van der Waals surface area (Å²) >= 11 is 0. The number of hydrogen-bond donors (Lipinski definition) is 1. The number of nitrogens with one attached hydrogen (secondary N) is 1. The summed E-state index contributed by atoms with van der Waals surface area (Å²) in [5.41, 5.74) is 5.22. The lowest BCUT2D eigenvalue weighted by Crippen LogP contribution is -2.54. The number of nitrogens with zero attached hydrogens (tertiary/aromatic N) is 2. The van der Waals surface area contributed by atoms with Crippen LogP contribution in [0.25, 0.3) is 11.8 Å². The van der Waals surface area contributed by atoms with Crippen LogP contribution in [0.3, 0.4) is 0 Å². The molecular weight excluding hydrogens is 390 g/mol. The van der Waals surface area contributed by atoms with Gasteiger partial charge in [0.05, 0.1) is 5.69 Å². The Balaban J connectivity index is 1.74. The van der Waals surface area contributed by atoms with Gasteiger partial charge in [0.1, 0.15) is 5.57 Å². The van der Waals surface area contributed by atoms with E-state index in [2.05, 4.69) is 41.1 Å². The molecule has 6 nitrogen and oxygen atoms in total. The van der Waals surface area contributed by atoms with Gasteiger partial charge in [-0.05, 0) is 67.8 Å². The molecule has 1 fully saturated rings. The molecule has 2 aromatic carbocycles. The van der Waals surface area contributed by atoms with Crippen LogP contribution in [0.1, 0.15) is 29.4 Å². The predicted molar refractivity (Wildman–Crippen MR) is 120 cm³/mol.